The van der Waals surface area contributed by atoms with Crippen molar-refractivity contribution in [1.82, 2.24) is 20.1 Å². The molecule has 1 aliphatic rings. The Morgan fingerprint density at radius 3 is 2.71 bits per heavy atom. The van der Waals surface area contributed by atoms with Crippen molar-refractivity contribution >= 4 is 28.2 Å². The smallest absolute Gasteiger partial charge is 0.253 e. The van der Waals surface area contributed by atoms with Crippen molar-refractivity contribution in [3.8, 4) is 5.75 Å². The van der Waals surface area contributed by atoms with E-state index in [0.717, 1.165) is 49.3 Å². The monoisotopic (exact) mass is 480 g/mol. The quantitative estimate of drug-likeness (QED) is 0.480. The Hall–Kier alpha value is -2.94. The summed E-state index contributed by atoms with van der Waals surface area (Å²) in [6.45, 7) is 7.41. The Morgan fingerprint density at radius 2 is 1.97 bits per heavy atom. The lowest BCUT2D eigenvalue weighted by atomic mass is 10.1. The highest BCUT2D eigenvalue weighted by Gasteiger charge is 2.18. The predicted molar refractivity (Wildman–Crippen MR) is 139 cm³/mol. The molecule has 2 N–H and O–H groups in total. The molecule has 34 heavy (non-hydrogen) atoms. The topological polar surface area (TPSA) is 69.8 Å². The van der Waals surface area contributed by atoms with Gasteiger partial charge in [0.05, 0.1) is 38.4 Å². The molecule has 0 bridgehead atoms. The van der Waals surface area contributed by atoms with Gasteiger partial charge in [-0.15, -0.1) is 0 Å². The van der Waals surface area contributed by atoms with Gasteiger partial charge >= 0.3 is 0 Å². The van der Waals surface area contributed by atoms with E-state index < -0.39 is 0 Å². The van der Waals surface area contributed by atoms with Crippen LogP contribution in [-0.2, 0) is 11.3 Å². The van der Waals surface area contributed by atoms with Gasteiger partial charge in [0.15, 0.2) is 5.11 Å². The number of H-pyrrole nitrogens is 1. The van der Waals surface area contributed by atoms with Crippen LogP contribution < -0.4 is 15.6 Å². The van der Waals surface area contributed by atoms with E-state index in [1.807, 2.05) is 42.5 Å². The Bertz CT molecular complexity index is 1160. The third-order valence-electron chi connectivity index (χ3n) is 6.21. The molecule has 0 amide bonds. The number of methoxy groups -OCH3 is 1. The molecule has 2 heterocycles. The first-order chi connectivity index (χ1) is 16.5. The van der Waals surface area contributed by atoms with Crippen molar-refractivity contribution in [3.63, 3.8) is 0 Å². The third kappa shape index (κ3) is 6.14. The normalized spacial score (nSPS) is 15.1. The molecule has 0 spiro atoms. The van der Waals surface area contributed by atoms with Crippen LogP contribution in [-0.4, -0.2) is 66.4 Å². The van der Waals surface area contributed by atoms with Gasteiger partial charge in [0.25, 0.3) is 5.56 Å². The zero-order chi connectivity index (χ0) is 23.9. The minimum atomic E-state index is -0.115. The number of morpholine rings is 1. The second-order valence-corrected chi connectivity index (χ2v) is 8.92. The van der Waals surface area contributed by atoms with Crippen molar-refractivity contribution in [2.24, 2.45) is 0 Å². The minimum Gasteiger partial charge on any atom is -0.497 e. The molecule has 0 aliphatic carbocycles. The highest BCUT2D eigenvalue weighted by Crippen LogP contribution is 2.19. The summed E-state index contributed by atoms with van der Waals surface area (Å²) in [5.41, 5.74) is 2.48. The van der Waals surface area contributed by atoms with Gasteiger partial charge in [0, 0.05) is 37.8 Å². The van der Waals surface area contributed by atoms with Crippen molar-refractivity contribution in [2.75, 3.05) is 46.5 Å². The average Bonchev–Trinajstić information content (AvgIpc) is 2.87. The third-order valence-corrected chi connectivity index (χ3v) is 6.58. The first-order valence-electron chi connectivity index (χ1n) is 11.6. The molecule has 8 heteroatoms. The fourth-order valence-electron chi connectivity index (χ4n) is 4.12. The van der Waals surface area contributed by atoms with Crippen molar-refractivity contribution in [2.45, 2.75) is 19.5 Å². The molecule has 180 valence electrons. The summed E-state index contributed by atoms with van der Waals surface area (Å²) >= 11 is 5.83. The number of hydrogen-bond donors (Lipinski definition) is 2. The van der Waals surface area contributed by atoms with Gasteiger partial charge in [-0.25, -0.2) is 0 Å². The van der Waals surface area contributed by atoms with Crippen molar-refractivity contribution in [1.29, 1.82) is 0 Å². The first-order valence-corrected chi connectivity index (χ1v) is 12.0. The fourth-order valence-corrected chi connectivity index (χ4v) is 4.45. The summed E-state index contributed by atoms with van der Waals surface area (Å²) in [7, 11) is 1.62. The van der Waals surface area contributed by atoms with E-state index in [4.69, 9.17) is 21.7 Å². The van der Waals surface area contributed by atoms with Crippen molar-refractivity contribution in [3.05, 3.63) is 76.1 Å². The maximum absolute atomic E-state index is 12.9. The number of hydrogen-bond acceptors (Lipinski definition) is 5. The van der Waals surface area contributed by atoms with E-state index >= 15 is 0 Å². The van der Waals surface area contributed by atoms with E-state index in [0.29, 0.717) is 29.5 Å². The summed E-state index contributed by atoms with van der Waals surface area (Å²) < 4.78 is 10.8. The maximum Gasteiger partial charge on any atom is 0.253 e. The van der Waals surface area contributed by atoms with Gasteiger partial charge in [-0.05, 0) is 48.3 Å². The second kappa shape index (κ2) is 11.5. The summed E-state index contributed by atoms with van der Waals surface area (Å²) in [6.07, 6.45) is 0. The number of aromatic nitrogens is 1. The zero-order valence-corrected chi connectivity index (χ0v) is 20.6. The molecule has 7 nitrogen and oxygen atoms in total. The summed E-state index contributed by atoms with van der Waals surface area (Å²) in [5, 5.41) is 5.06. The molecule has 1 fully saturated rings. The van der Waals surface area contributed by atoms with E-state index in [1.54, 1.807) is 7.11 Å². The lowest BCUT2D eigenvalue weighted by molar-refractivity contribution is 0.0357. The molecule has 4 rings (SSSR count). The molecule has 1 aliphatic heterocycles. The molecule has 0 radical (unpaired) electrons. The van der Waals surface area contributed by atoms with Gasteiger partial charge in [0.2, 0.25) is 0 Å². The average molecular weight is 481 g/mol. The molecule has 1 saturated heterocycles. The van der Waals surface area contributed by atoms with Crippen LogP contribution in [0.3, 0.4) is 0 Å². The van der Waals surface area contributed by atoms with Crippen LogP contribution in [0.5, 0.6) is 5.75 Å². The van der Waals surface area contributed by atoms with Crippen LogP contribution in [0.1, 0.15) is 24.1 Å². The van der Waals surface area contributed by atoms with Crippen LogP contribution in [0.15, 0.2) is 59.4 Å². The number of ether oxygens (including phenoxy) is 2. The SMILES string of the molecule is COc1ccc2cc(CN(CCN3CCOCC3)C(=S)NC(C)c3ccccc3)c(=O)[nH]c2c1. The Balaban J connectivity index is 1.53. The Morgan fingerprint density at radius 1 is 1.21 bits per heavy atom. The number of aromatic amines is 1. The van der Waals surface area contributed by atoms with E-state index in [-0.39, 0.29) is 11.6 Å². The largest absolute Gasteiger partial charge is 0.497 e. The van der Waals surface area contributed by atoms with E-state index in [9.17, 15) is 4.79 Å². The standard InChI is InChI=1S/C26H32N4O3S/c1-19(20-6-4-3-5-7-20)27-26(34)30(11-10-29-12-14-33-15-13-29)18-22-16-21-8-9-23(32-2)17-24(21)28-25(22)31/h3-9,16-17,19H,10-15,18H2,1-2H3,(H,27,34)(H,28,31). The van der Waals surface area contributed by atoms with Gasteiger partial charge in [0.1, 0.15) is 5.75 Å². The molecule has 3 aromatic rings. The number of nitrogens with one attached hydrogen (secondary N) is 2. The Kier molecular flexibility index (Phi) is 8.16. The number of nitrogens with zero attached hydrogens (tertiary/aromatic N) is 2. The molecule has 1 atom stereocenters. The molecule has 0 saturated carbocycles. The van der Waals surface area contributed by atoms with Crippen LogP contribution in [0, 0.1) is 0 Å². The summed E-state index contributed by atoms with van der Waals surface area (Å²) in [4.78, 5) is 20.4. The predicted octanol–water partition coefficient (Wildman–Crippen LogP) is 3.31. The van der Waals surface area contributed by atoms with E-state index in [2.05, 4.69) is 39.2 Å². The second-order valence-electron chi connectivity index (χ2n) is 8.53. The molecular formula is C26H32N4O3S. The van der Waals surface area contributed by atoms with Crippen molar-refractivity contribution < 1.29 is 9.47 Å². The molecule has 1 unspecified atom stereocenters. The molecular weight excluding hydrogens is 448 g/mol. The molecule has 2 aromatic carbocycles. The Labute approximate surface area is 205 Å². The van der Waals surface area contributed by atoms with Gasteiger partial charge in [-0.3, -0.25) is 9.69 Å². The number of fused-ring (bicyclic) bond motifs is 1. The van der Waals surface area contributed by atoms with E-state index in [1.165, 1.54) is 0 Å². The minimum absolute atomic E-state index is 0.0574. The summed E-state index contributed by atoms with van der Waals surface area (Å²) in [5.74, 6) is 0.711. The highest BCUT2D eigenvalue weighted by atomic mass is 32.1. The highest BCUT2D eigenvalue weighted by molar-refractivity contribution is 7.80. The van der Waals surface area contributed by atoms with Crippen LogP contribution in [0.2, 0.25) is 0 Å². The summed E-state index contributed by atoms with van der Waals surface area (Å²) in [6, 6.07) is 17.9. The lowest BCUT2D eigenvalue weighted by Crippen LogP contribution is -2.46. The number of pyridine rings is 1. The fraction of sp³-hybridized carbons (Fsp3) is 0.385. The first kappa shape index (κ1) is 24.2. The van der Waals surface area contributed by atoms with Crippen LogP contribution in [0.25, 0.3) is 10.9 Å². The van der Waals surface area contributed by atoms with Crippen LogP contribution >= 0.6 is 12.2 Å². The number of benzene rings is 2. The lowest BCUT2D eigenvalue weighted by Gasteiger charge is -2.32. The number of rotatable bonds is 8. The maximum atomic E-state index is 12.9. The molecule has 1 aromatic heterocycles. The van der Waals surface area contributed by atoms with Gasteiger partial charge < -0.3 is 24.7 Å². The zero-order valence-electron chi connectivity index (χ0n) is 19.8. The van der Waals surface area contributed by atoms with Gasteiger partial charge in [-0.1, -0.05) is 30.3 Å². The van der Waals surface area contributed by atoms with Crippen LogP contribution in [0.4, 0.5) is 0 Å². The van der Waals surface area contributed by atoms with Gasteiger partial charge in [-0.2, -0.15) is 0 Å². The number of thiocarbonyl (C=S) groups is 1.